The first-order valence-corrected chi connectivity index (χ1v) is 23.0. The third-order valence-electron chi connectivity index (χ3n) is 7.63. The molecule has 0 saturated heterocycles. The molecule has 0 spiro atoms. The largest absolute Gasteiger partial charge is 1.00 e. The van der Waals surface area contributed by atoms with Crippen molar-refractivity contribution in [3.8, 4) is 34.2 Å². The van der Waals surface area contributed by atoms with Crippen LogP contribution in [-0.2, 0) is 19.1 Å². The smallest absolute Gasteiger partial charge is 0.870 e. The van der Waals surface area contributed by atoms with Gasteiger partial charge in [-0.3, -0.25) is 29.3 Å². The predicted octanol–water partition coefficient (Wildman–Crippen LogP) is 4.24. The van der Waals surface area contributed by atoms with Gasteiger partial charge in [0.25, 0.3) is 0 Å². The maximum Gasteiger partial charge on any atom is 1.00 e. The Morgan fingerprint density at radius 1 is 0.569 bits per heavy atom. The molecule has 65 heavy (non-hydrogen) atoms. The second-order valence-electron chi connectivity index (χ2n) is 12.6. The molecular formula is C44H54N11NaO6S3. The number of carbonyl (C=O) groups is 3. The second-order valence-corrected chi connectivity index (χ2v) is 15.5. The van der Waals surface area contributed by atoms with Crippen LogP contribution < -0.4 is 34.9 Å². The summed E-state index contributed by atoms with van der Waals surface area (Å²) in [5.74, 6) is -0.543. The van der Waals surface area contributed by atoms with E-state index in [-0.39, 0.29) is 64.5 Å². The zero-order chi connectivity index (χ0) is 45.7. The zero-order valence-electron chi connectivity index (χ0n) is 37.6. The van der Waals surface area contributed by atoms with Gasteiger partial charge in [0.15, 0.2) is 15.5 Å². The van der Waals surface area contributed by atoms with Crippen molar-refractivity contribution in [2.45, 2.75) is 63.1 Å². The van der Waals surface area contributed by atoms with E-state index >= 15 is 0 Å². The van der Waals surface area contributed by atoms with Gasteiger partial charge < -0.3 is 25.5 Å². The number of nitrogens with zero attached hydrogens (tertiary/aromatic N) is 10. The Kier molecular flexibility index (Phi) is 30.8. The van der Waals surface area contributed by atoms with Crippen molar-refractivity contribution >= 4 is 53.1 Å². The van der Waals surface area contributed by atoms with E-state index in [1.165, 1.54) is 23.5 Å². The number of hydrogen-bond acceptors (Lipinski definition) is 18. The molecule has 0 radical (unpaired) electrons. The zero-order valence-corrected chi connectivity index (χ0v) is 42.1. The Bertz CT molecular complexity index is 2240. The van der Waals surface area contributed by atoms with Crippen LogP contribution in [-0.4, -0.2) is 128 Å². The number of thioether (sulfide) groups is 3. The molecule has 21 heteroatoms. The third kappa shape index (κ3) is 23.7. The fourth-order valence-corrected chi connectivity index (χ4v) is 6.69. The van der Waals surface area contributed by atoms with Crippen molar-refractivity contribution in [2.75, 3.05) is 43.4 Å². The van der Waals surface area contributed by atoms with Gasteiger partial charge in [-0.1, -0.05) is 67.3 Å². The molecule has 0 aliphatic heterocycles. The monoisotopic (exact) mass is 951 g/mol. The SMILES string of the molecule is CC(C)OC(=O)CSc1nccc(-c2ccccn2)n1.CCN(CC)C(=O)CSc1nccc(-c2ccccn2)n1.CCNCC.O=C(O)CSc1nccc(-c2ccccn2)n1.[Na+].[OH-]. The minimum absolute atomic E-state index is 0. The number of hydrogen-bond donors (Lipinski definition) is 2. The Morgan fingerprint density at radius 2 is 0.954 bits per heavy atom. The molecular weight excluding hydrogens is 898 g/mol. The van der Waals surface area contributed by atoms with Crippen LogP contribution in [0.5, 0.6) is 0 Å². The molecule has 0 fully saturated rings. The molecule has 3 N–H and O–H groups in total. The number of esters is 1. The van der Waals surface area contributed by atoms with Crippen LogP contribution in [0, 0.1) is 0 Å². The molecule has 6 aromatic heterocycles. The minimum atomic E-state index is -0.887. The quantitative estimate of drug-likeness (QED) is 0.0562. The van der Waals surface area contributed by atoms with E-state index in [4.69, 9.17) is 9.84 Å². The molecule has 1 amide bonds. The number of nitrogens with one attached hydrogen (secondary N) is 1. The van der Waals surface area contributed by atoms with Crippen molar-refractivity contribution in [1.29, 1.82) is 0 Å². The standard InChI is InChI=1S/C15H18N4OS.C14H15N3O2S.C11H9N3O2S.C4H11N.Na.H2O/c1-3-19(4-2)14(20)11-21-15-17-10-8-13(18-15)12-7-5-6-9-16-12;1-10(2)19-13(18)9-20-14-16-8-6-12(17-14)11-5-3-4-7-15-11;15-10(16)7-17-11-13-6-4-9(14-11)8-3-1-2-5-12-8;1-3-5-4-2;;/h5-10H,3-4,11H2,1-2H3;3-8,10H,9H2,1-2H3;1-6H,7H2,(H,15,16);5H,3-4H2,1-2H3;;1H2/q;;;;+1;/p-1. The molecule has 6 aromatic rings. The van der Waals surface area contributed by atoms with Gasteiger partial charge in [0.2, 0.25) is 5.91 Å². The molecule has 0 atom stereocenters. The van der Waals surface area contributed by atoms with Crippen LogP contribution >= 0.6 is 35.3 Å². The average molecular weight is 952 g/mol. The number of carboxylic acids is 1. The van der Waals surface area contributed by atoms with Crippen LogP contribution in [0.15, 0.2) is 125 Å². The molecule has 0 saturated carbocycles. The summed E-state index contributed by atoms with van der Waals surface area (Å²) in [6.07, 6.45) is 9.97. The van der Waals surface area contributed by atoms with Gasteiger partial charge in [0.05, 0.1) is 57.5 Å². The summed E-state index contributed by atoms with van der Waals surface area (Å²) in [5.41, 5.74) is 4.52. The van der Waals surface area contributed by atoms with Gasteiger partial charge in [0.1, 0.15) is 0 Å². The van der Waals surface area contributed by atoms with Gasteiger partial charge in [-0.05, 0) is 95.4 Å². The molecule has 17 nitrogen and oxygen atoms in total. The van der Waals surface area contributed by atoms with E-state index in [9.17, 15) is 14.4 Å². The maximum absolute atomic E-state index is 12.0. The number of pyridine rings is 3. The van der Waals surface area contributed by atoms with E-state index < -0.39 is 5.97 Å². The molecule has 0 unspecified atom stereocenters. The molecule has 0 aliphatic rings. The first kappa shape index (κ1) is 58.1. The Balaban J connectivity index is 0.000000458. The molecule has 340 valence electrons. The summed E-state index contributed by atoms with van der Waals surface area (Å²) >= 11 is 3.70. The summed E-state index contributed by atoms with van der Waals surface area (Å²) in [6, 6.07) is 22.2. The van der Waals surface area contributed by atoms with E-state index in [0.717, 1.165) is 66.4 Å². The van der Waals surface area contributed by atoms with E-state index in [1.54, 1.807) is 54.2 Å². The number of carbonyl (C=O) groups excluding carboxylic acids is 2. The number of amides is 1. The molecule has 0 aliphatic carbocycles. The molecule has 0 bridgehead atoms. The van der Waals surface area contributed by atoms with Crippen LogP contribution in [0.4, 0.5) is 0 Å². The van der Waals surface area contributed by atoms with Crippen LogP contribution in [0.2, 0.25) is 0 Å². The number of aliphatic carboxylic acids is 1. The Labute approximate surface area is 415 Å². The topological polar surface area (TPSA) is 242 Å². The molecule has 6 heterocycles. The van der Waals surface area contributed by atoms with E-state index in [1.807, 2.05) is 88.4 Å². The van der Waals surface area contributed by atoms with Gasteiger partial charge in [-0.2, -0.15) is 0 Å². The first-order chi connectivity index (χ1) is 30.6. The van der Waals surface area contributed by atoms with Crippen molar-refractivity contribution in [1.82, 2.24) is 55.1 Å². The maximum atomic E-state index is 12.0. The summed E-state index contributed by atoms with van der Waals surface area (Å²) in [5, 5.41) is 13.3. The average Bonchev–Trinajstić information content (AvgIpc) is 3.32. The summed E-state index contributed by atoms with van der Waals surface area (Å²) in [7, 11) is 0. The Hall–Kier alpha value is -4.93. The summed E-state index contributed by atoms with van der Waals surface area (Å²) in [4.78, 5) is 73.7. The summed E-state index contributed by atoms with van der Waals surface area (Å²) < 4.78 is 5.06. The minimum Gasteiger partial charge on any atom is -0.870 e. The van der Waals surface area contributed by atoms with E-state index in [0.29, 0.717) is 26.9 Å². The fourth-order valence-electron chi connectivity index (χ4n) is 4.79. The van der Waals surface area contributed by atoms with Crippen molar-refractivity contribution in [2.24, 2.45) is 0 Å². The Morgan fingerprint density at radius 3 is 1.26 bits per heavy atom. The van der Waals surface area contributed by atoms with E-state index in [2.05, 4.69) is 64.0 Å². The van der Waals surface area contributed by atoms with Crippen LogP contribution in [0.25, 0.3) is 34.2 Å². The number of ether oxygens (including phenoxy) is 1. The van der Waals surface area contributed by atoms with Crippen LogP contribution in [0.1, 0.15) is 41.5 Å². The molecule has 0 aromatic carbocycles. The van der Waals surface area contributed by atoms with Gasteiger partial charge in [-0.25, -0.2) is 29.9 Å². The number of rotatable bonds is 17. The van der Waals surface area contributed by atoms with Crippen molar-refractivity contribution < 1.29 is 59.3 Å². The van der Waals surface area contributed by atoms with Gasteiger partial charge in [0, 0.05) is 50.3 Å². The molecule has 6 rings (SSSR count). The predicted molar refractivity (Wildman–Crippen MR) is 251 cm³/mol. The normalized spacial score (nSPS) is 9.89. The number of carboxylic acid groups (broad SMARTS) is 1. The fraction of sp³-hybridized carbons (Fsp3) is 0.318. The third-order valence-corrected chi connectivity index (χ3v) is 10.2. The van der Waals surface area contributed by atoms with Gasteiger partial charge in [-0.15, -0.1) is 0 Å². The van der Waals surface area contributed by atoms with Crippen molar-refractivity contribution in [3.63, 3.8) is 0 Å². The number of aromatic nitrogens is 9. The van der Waals surface area contributed by atoms with Crippen molar-refractivity contribution in [3.05, 3.63) is 110 Å². The summed E-state index contributed by atoms with van der Waals surface area (Å²) in [6.45, 7) is 15.4. The second kappa shape index (κ2) is 34.4. The first-order valence-electron chi connectivity index (χ1n) is 20.1. The van der Waals surface area contributed by atoms with Crippen LogP contribution in [0.3, 0.4) is 0 Å². The van der Waals surface area contributed by atoms with Gasteiger partial charge >= 0.3 is 41.5 Å².